The van der Waals surface area contributed by atoms with E-state index < -0.39 is 35.6 Å². The Kier molecular flexibility index (Phi) is 8.19. The summed E-state index contributed by atoms with van der Waals surface area (Å²) in [5.74, 6) is -4.40. The van der Waals surface area contributed by atoms with Gasteiger partial charge in [0.15, 0.2) is 6.04 Å². The van der Waals surface area contributed by atoms with Gasteiger partial charge in [-0.15, -0.1) is 0 Å². The number of hydrogen-bond acceptors (Lipinski definition) is 5. The fourth-order valence-electron chi connectivity index (χ4n) is 1.91. The number of carbonyl (C=O) groups excluding carboxylic acids is 3. The molecule has 1 amide bonds. The van der Waals surface area contributed by atoms with Gasteiger partial charge in [0.2, 0.25) is 0 Å². The fraction of sp³-hybridized carbons (Fsp3) is 0.312. The van der Waals surface area contributed by atoms with Crippen LogP contribution in [-0.4, -0.2) is 36.7 Å². The van der Waals surface area contributed by atoms with Crippen molar-refractivity contribution in [3.8, 4) is 5.75 Å². The van der Waals surface area contributed by atoms with Crippen molar-refractivity contribution in [2.45, 2.75) is 26.1 Å². The zero-order valence-corrected chi connectivity index (χ0v) is 16.2. The molecule has 1 aromatic rings. The van der Waals surface area contributed by atoms with Gasteiger partial charge < -0.3 is 14.8 Å². The molecule has 0 spiro atoms. The van der Waals surface area contributed by atoms with Crippen molar-refractivity contribution in [3.05, 3.63) is 33.7 Å². The van der Waals surface area contributed by atoms with Crippen LogP contribution < -0.4 is 10.1 Å². The lowest BCUT2D eigenvalue weighted by molar-refractivity contribution is -0.175. The number of halogens is 5. The molecule has 148 valence electrons. The average Bonchev–Trinajstić information content (AvgIpc) is 2.56. The Balaban J connectivity index is 3.35. The first-order valence-electron chi connectivity index (χ1n) is 7.34. The van der Waals surface area contributed by atoms with Crippen LogP contribution in [0, 0.1) is 3.57 Å². The summed E-state index contributed by atoms with van der Waals surface area (Å²) in [6, 6.07) is 1.77. The molecule has 6 nitrogen and oxygen atoms in total. The van der Waals surface area contributed by atoms with E-state index in [-0.39, 0.29) is 24.2 Å². The van der Waals surface area contributed by atoms with Crippen molar-refractivity contribution in [1.82, 2.24) is 5.32 Å². The van der Waals surface area contributed by atoms with Crippen LogP contribution in [0.2, 0.25) is 0 Å². The molecular formula is C16H14F4INO5. The van der Waals surface area contributed by atoms with E-state index in [2.05, 4.69) is 4.74 Å². The van der Waals surface area contributed by atoms with E-state index in [1.165, 1.54) is 24.4 Å². The highest BCUT2D eigenvalue weighted by molar-refractivity contribution is 14.1. The highest BCUT2D eigenvalue weighted by atomic mass is 127. The molecule has 0 fully saturated rings. The number of hydrogen-bond donors (Lipinski definition) is 1. The molecular weight excluding hydrogens is 489 g/mol. The topological polar surface area (TPSA) is 81.7 Å². The average molecular weight is 503 g/mol. The molecule has 0 saturated heterocycles. The lowest BCUT2D eigenvalue weighted by atomic mass is 9.99. The number of alkyl halides is 3. The molecule has 1 aromatic carbocycles. The van der Waals surface area contributed by atoms with Crippen molar-refractivity contribution in [2.24, 2.45) is 0 Å². The van der Waals surface area contributed by atoms with Crippen LogP contribution >= 0.6 is 22.6 Å². The van der Waals surface area contributed by atoms with Crippen molar-refractivity contribution < 1.29 is 41.4 Å². The monoisotopic (exact) mass is 503 g/mol. The summed E-state index contributed by atoms with van der Waals surface area (Å²) in [5, 5.41) is 1.41. The van der Waals surface area contributed by atoms with Gasteiger partial charge in [0.25, 0.3) is 0 Å². The lowest BCUT2D eigenvalue weighted by Crippen LogP contribution is -2.48. The molecule has 0 aromatic heterocycles. The summed E-state index contributed by atoms with van der Waals surface area (Å²) in [4.78, 5) is 34.4. The second kappa shape index (κ2) is 9.67. The summed E-state index contributed by atoms with van der Waals surface area (Å²) in [7, 11) is 0. The summed E-state index contributed by atoms with van der Waals surface area (Å²) in [6.45, 7) is 2.31. The summed E-state index contributed by atoms with van der Waals surface area (Å²) < 4.78 is 61.2. The third kappa shape index (κ3) is 6.48. The third-order valence-corrected chi connectivity index (χ3v) is 3.89. The van der Waals surface area contributed by atoms with Crippen molar-refractivity contribution in [1.29, 1.82) is 0 Å². The Hall–Kier alpha value is -2.18. The second-order valence-electron chi connectivity index (χ2n) is 4.96. The van der Waals surface area contributed by atoms with Gasteiger partial charge in [-0.1, -0.05) is 6.07 Å². The Labute approximate surface area is 165 Å². The van der Waals surface area contributed by atoms with Crippen LogP contribution in [0.1, 0.15) is 19.4 Å². The maximum Gasteiger partial charge on any atom is 0.471 e. The molecule has 0 aliphatic heterocycles. The van der Waals surface area contributed by atoms with Gasteiger partial charge in [0, 0.05) is 12.5 Å². The van der Waals surface area contributed by atoms with E-state index in [9.17, 15) is 31.9 Å². The maximum atomic E-state index is 13.5. The smallest absolute Gasteiger partial charge is 0.464 e. The third-order valence-electron chi connectivity index (χ3n) is 3.00. The van der Waals surface area contributed by atoms with E-state index in [0.29, 0.717) is 3.57 Å². The number of carbonyl (C=O) groups is 3. The molecule has 0 heterocycles. The maximum absolute atomic E-state index is 13.5. The molecule has 0 bridgehead atoms. The molecule has 1 unspecified atom stereocenters. The van der Waals surface area contributed by atoms with Gasteiger partial charge in [0.05, 0.1) is 16.5 Å². The van der Waals surface area contributed by atoms with E-state index >= 15 is 0 Å². The molecule has 1 atom stereocenters. The Morgan fingerprint density at radius 1 is 1.30 bits per heavy atom. The quantitative estimate of drug-likeness (QED) is 0.279. The van der Waals surface area contributed by atoms with E-state index in [1.54, 1.807) is 0 Å². The highest BCUT2D eigenvalue weighted by Crippen LogP contribution is 2.29. The number of rotatable bonds is 6. The minimum absolute atomic E-state index is 0.00436. The first kappa shape index (κ1) is 22.9. The minimum Gasteiger partial charge on any atom is -0.464 e. The van der Waals surface area contributed by atoms with Crippen LogP contribution in [0.25, 0.3) is 5.57 Å². The molecule has 27 heavy (non-hydrogen) atoms. The van der Waals surface area contributed by atoms with Crippen LogP contribution in [0.4, 0.5) is 17.6 Å². The Morgan fingerprint density at radius 2 is 1.93 bits per heavy atom. The van der Waals surface area contributed by atoms with E-state index in [4.69, 9.17) is 4.74 Å². The normalized spacial score (nSPS) is 12.9. The summed E-state index contributed by atoms with van der Waals surface area (Å²) >= 11 is 1.82. The molecule has 0 aliphatic carbocycles. The Bertz CT molecular complexity index is 764. The predicted octanol–water partition coefficient (Wildman–Crippen LogP) is 3.14. The summed E-state index contributed by atoms with van der Waals surface area (Å²) in [5.41, 5.74) is -0.689. The largest absolute Gasteiger partial charge is 0.471 e. The van der Waals surface area contributed by atoms with Gasteiger partial charge in [0.1, 0.15) is 5.75 Å². The van der Waals surface area contributed by atoms with Crippen LogP contribution in [-0.2, 0) is 19.1 Å². The van der Waals surface area contributed by atoms with E-state index in [0.717, 1.165) is 13.0 Å². The molecule has 1 rings (SSSR count). The standard InChI is InChI=1S/C16H14F4INO5/c1-3-26-14(24)13(22-15(25)16(18,19)20)10(7-17)9-4-5-11(21)12(6-9)27-8(2)23/h4-7,13H,3H2,1-2H3,(H,22,25)/b10-7+. The van der Waals surface area contributed by atoms with Gasteiger partial charge in [-0.3, -0.25) is 9.59 Å². The molecule has 0 aliphatic rings. The molecule has 11 heteroatoms. The van der Waals surface area contributed by atoms with Crippen LogP contribution in [0.5, 0.6) is 5.75 Å². The first-order valence-corrected chi connectivity index (χ1v) is 8.42. The lowest BCUT2D eigenvalue weighted by Gasteiger charge is -2.21. The van der Waals surface area contributed by atoms with Crippen LogP contribution in [0.3, 0.4) is 0 Å². The number of amides is 1. The highest BCUT2D eigenvalue weighted by Gasteiger charge is 2.42. The molecule has 0 saturated carbocycles. The zero-order chi connectivity index (χ0) is 20.8. The van der Waals surface area contributed by atoms with Crippen molar-refractivity contribution >= 4 is 46.0 Å². The second-order valence-corrected chi connectivity index (χ2v) is 6.12. The van der Waals surface area contributed by atoms with Gasteiger partial charge in [-0.2, -0.15) is 13.2 Å². The molecule has 0 radical (unpaired) electrons. The zero-order valence-electron chi connectivity index (χ0n) is 14.0. The number of benzene rings is 1. The summed E-state index contributed by atoms with van der Waals surface area (Å²) in [6.07, 6.45) is -5.42. The van der Waals surface area contributed by atoms with Gasteiger partial charge in [-0.25, -0.2) is 9.18 Å². The predicted molar refractivity (Wildman–Crippen MR) is 94.2 cm³/mol. The minimum atomic E-state index is -5.29. The van der Waals surface area contributed by atoms with Crippen molar-refractivity contribution in [2.75, 3.05) is 6.61 Å². The van der Waals surface area contributed by atoms with Gasteiger partial charge >= 0.3 is 24.0 Å². The SMILES string of the molecule is CCOC(=O)C(NC(=O)C(F)(F)F)/C(=C/F)c1ccc(I)c(OC(C)=O)c1. The number of ether oxygens (including phenoxy) is 2. The molecule has 1 N–H and O–H groups in total. The van der Waals surface area contributed by atoms with E-state index in [1.807, 2.05) is 22.6 Å². The Morgan fingerprint density at radius 3 is 2.41 bits per heavy atom. The first-order chi connectivity index (χ1) is 12.5. The van der Waals surface area contributed by atoms with Crippen LogP contribution in [0.15, 0.2) is 24.5 Å². The number of esters is 2. The van der Waals surface area contributed by atoms with Gasteiger partial charge in [-0.05, 0) is 47.2 Å². The number of nitrogens with one attached hydrogen (secondary N) is 1. The van der Waals surface area contributed by atoms with Crippen molar-refractivity contribution in [3.63, 3.8) is 0 Å². The fourth-order valence-corrected chi connectivity index (χ4v) is 2.36.